The Hall–Kier alpha value is -1.42. The smallest absolute Gasteiger partial charge is 0.310 e. The molecule has 0 unspecified atom stereocenters. The average Bonchev–Trinajstić information content (AvgIpc) is 3.22. The Balaban J connectivity index is 1.49. The standard InChI is InChI=1S/C21H25NO2S/c1-20-9-7-15-13(3-6-18-21(15,2)10-8-19(23)24-18)14(20)4-5-16(20)17-11-22-12-25-17/h5-6,11-15H,3-4,7-10H2,1-2H3/t13-,14-,15-,20-,21+/m0/s1. The molecule has 132 valence electrons. The third-order valence-electron chi connectivity index (χ3n) is 7.74. The zero-order valence-corrected chi connectivity index (χ0v) is 15.8. The summed E-state index contributed by atoms with van der Waals surface area (Å²) >= 11 is 1.77. The normalized spacial score (nSPS) is 42.6. The summed E-state index contributed by atoms with van der Waals surface area (Å²) in [4.78, 5) is 17.4. The number of allylic oxidation sites excluding steroid dienone is 4. The van der Waals surface area contributed by atoms with Gasteiger partial charge in [0.2, 0.25) is 0 Å². The lowest BCUT2D eigenvalue weighted by Crippen LogP contribution is -2.49. The highest BCUT2D eigenvalue weighted by Gasteiger charge is 2.57. The predicted molar refractivity (Wildman–Crippen MR) is 98.7 cm³/mol. The van der Waals surface area contributed by atoms with E-state index in [2.05, 4.69) is 31.0 Å². The van der Waals surface area contributed by atoms with Crippen molar-refractivity contribution in [3.8, 4) is 0 Å². The van der Waals surface area contributed by atoms with Crippen LogP contribution in [-0.4, -0.2) is 11.0 Å². The molecule has 25 heavy (non-hydrogen) atoms. The third kappa shape index (κ3) is 2.09. The number of nitrogens with zero attached hydrogens (tertiary/aromatic N) is 1. The van der Waals surface area contributed by atoms with Gasteiger partial charge in [0.15, 0.2) is 0 Å². The van der Waals surface area contributed by atoms with Gasteiger partial charge in [-0.15, -0.1) is 11.3 Å². The van der Waals surface area contributed by atoms with E-state index in [1.807, 2.05) is 11.7 Å². The van der Waals surface area contributed by atoms with Crippen LogP contribution in [0.25, 0.3) is 5.57 Å². The first-order valence-electron chi connectivity index (χ1n) is 9.53. The molecule has 2 heterocycles. The first-order valence-corrected chi connectivity index (χ1v) is 10.4. The fourth-order valence-corrected chi connectivity index (χ4v) is 7.17. The van der Waals surface area contributed by atoms with E-state index in [9.17, 15) is 4.79 Å². The predicted octanol–water partition coefficient (Wildman–Crippen LogP) is 5.21. The maximum atomic E-state index is 11.8. The monoisotopic (exact) mass is 355 g/mol. The van der Waals surface area contributed by atoms with Gasteiger partial charge in [-0.1, -0.05) is 19.9 Å². The second-order valence-electron chi connectivity index (χ2n) is 8.75. The molecular weight excluding hydrogens is 330 g/mol. The van der Waals surface area contributed by atoms with Gasteiger partial charge in [0.1, 0.15) is 5.76 Å². The van der Waals surface area contributed by atoms with Crippen molar-refractivity contribution in [3.05, 3.63) is 34.5 Å². The molecule has 0 aromatic carbocycles. The Morgan fingerprint density at radius 3 is 2.84 bits per heavy atom. The van der Waals surface area contributed by atoms with Crippen LogP contribution in [-0.2, 0) is 9.53 Å². The topological polar surface area (TPSA) is 39.2 Å². The van der Waals surface area contributed by atoms with Gasteiger partial charge in [-0.2, -0.15) is 0 Å². The summed E-state index contributed by atoms with van der Waals surface area (Å²) in [7, 11) is 0. The molecule has 3 aliphatic carbocycles. The van der Waals surface area contributed by atoms with Crippen molar-refractivity contribution in [2.24, 2.45) is 28.6 Å². The van der Waals surface area contributed by atoms with Crippen LogP contribution in [0.3, 0.4) is 0 Å². The maximum absolute atomic E-state index is 11.8. The van der Waals surface area contributed by atoms with Crippen molar-refractivity contribution in [2.75, 3.05) is 0 Å². The molecule has 1 saturated heterocycles. The molecule has 4 aliphatic rings. The van der Waals surface area contributed by atoms with Crippen LogP contribution in [0, 0.1) is 28.6 Å². The van der Waals surface area contributed by atoms with Gasteiger partial charge in [0.05, 0.1) is 10.4 Å². The molecule has 0 bridgehead atoms. The van der Waals surface area contributed by atoms with E-state index < -0.39 is 0 Å². The van der Waals surface area contributed by atoms with Gasteiger partial charge in [0, 0.05) is 18.0 Å². The fourth-order valence-electron chi connectivity index (χ4n) is 6.37. The minimum atomic E-state index is -0.0437. The summed E-state index contributed by atoms with van der Waals surface area (Å²) in [5.74, 6) is 2.98. The molecule has 3 nitrogen and oxygen atoms in total. The molecule has 0 spiro atoms. The molecule has 0 amide bonds. The van der Waals surface area contributed by atoms with E-state index in [4.69, 9.17) is 4.74 Å². The minimum Gasteiger partial charge on any atom is -0.431 e. The van der Waals surface area contributed by atoms with Gasteiger partial charge in [-0.05, 0) is 66.9 Å². The molecular formula is C21H25NO2S. The first-order chi connectivity index (χ1) is 12.0. The highest BCUT2D eigenvalue weighted by molar-refractivity contribution is 7.10. The van der Waals surface area contributed by atoms with Gasteiger partial charge in [0.25, 0.3) is 0 Å². The minimum absolute atomic E-state index is 0.0437. The molecule has 1 aromatic heterocycles. The number of esters is 1. The van der Waals surface area contributed by atoms with Crippen LogP contribution in [0.4, 0.5) is 0 Å². The Bertz CT molecular complexity index is 780. The largest absolute Gasteiger partial charge is 0.431 e. The number of thiazole rings is 1. The molecule has 1 aromatic rings. The van der Waals surface area contributed by atoms with Gasteiger partial charge in [-0.25, -0.2) is 0 Å². The van der Waals surface area contributed by atoms with Crippen molar-refractivity contribution < 1.29 is 9.53 Å². The van der Waals surface area contributed by atoms with E-state index in [1.165, 1.54) is 29.7 Å². The first kappa shape index (κ1) is 15.8. The van der Waals surface area contributed by atoms with Gasteiger partial charge in [-0.3, -0.25) is 9.78 Å². The molecule has 0 N–H and O–H groups in total. The molecule has 5 atom stereocenters. The van der Waals surface area contributed by atoms with Crippen LogP contribution < -0.4 is 0 Å². The zero-order chi connectivity index (χ0) is 17.2. The lowest BCUT2D eigenvalue weighted by atomic mass is 9.49. The number of rotatable bonds is 1. The maximum Gasteiger partial charge on any atom is 0.310 e. The fraction of sp³-hybridized carbons (Fsp3) is 0.619. The van der Waals surface area contributed by atoms with Crippen LogP contribution in [0.5, 0.6) is 0 Å². The number of carbonyl (C=O) groups is 1. The van der Waals surface area contributed by atoms with Crippen molar-refractivity contribution >= 4 is 22.9 Å². The van der Waals surface area contributed by atoms with Crippen molar-refractivity contribution in [1.82, 2.24) is 4.98 Å². The summed E-state index contributed by atoms with van der Waals surface area (Å²) in [5.41, 5.74) is 3.82. The van der Waals surface area contributed by atoms with Crippen molar-refractivity contribution in [2.45, 2.75) is 52.4 Å². The molecule has 1 aliphatic heterocycles. The molecule has 1 saturated carbocycles. The lowest BCUT2D eigenvalue weighted by molar-refractivity contribution is -0.151. The van der Waals surface area contributed by atoms with E-state index in [-0.39, 0.29) is 16.8 Å². The molecule has 0 radical (unpaired) electrons. The van der Waals surface area contributed by atoms with Crippen LogP contribution >= 0.6 is 11.3 Å². The summed E-state index contributed by atoms with van der Waals surface area (Å²) in [5, 5.41) is 0. The summed E-state index contributed by atoms with van der Waals surface area (Å²) in [6.07, 6.45) is 13.0. The Labute approximate surface area is 153 Å². The number of aromatic nitrogens is 1. The van der Waals surface area contributed by atoms with E-state index >= 15 is 0 Å². The zero-order valence-electron chi connectivity index (χ0n) is 15.0. The third-order valence-corrected chi connectivity index (χ3v) is 8.55. The number of carbonyl (C=O) groups excluding carboxylic acids is 1. The molecule has 2 fully saturated rings. The summed E-state index contributed by atoms with van der Waals surface area (Å²) in [6.45, 7) is 4.83. The van der Waals surface area contributed by atoms with E-state index in [0.717, 1.165) is 18.6 Å². The van der Waals surface area contributed by atoms with Crippen LogP contribution in [0.2, 0.25) is 0 Å². The molecule has 4 heteroatoms. The second kappa shape index (κ2) is 5.29. The number of hydrogen-bond donors (Lipinski definition) is 0. The van der Waals surface area contributed by atoms with Gasteiger partial charge >= 0.3 is 5.97 Å². The van der Waals surface area contributed by atoms with Gasteiger partial charge < -0.3 is 4.74 Å². The SMILES string of the molecule is C[C@]12CCC(=O)OC1=CC[C@@H]1[C@@H]2CC[C@]2(C)C(c3cncs3)=CC[C@@H]12. The Morgan fingerprint density at radius 2 is 2.04 bits per heavy atom. The highest BCUT2D eigenvalue weighted by Crippen LogP contribution is 2.66. The number of ether oxygens (including phenoxy) is 1. The van der Waals surface area contributed by atoms with E-state index in [0.29, 0.717) is 24.2 Å². The van der Waals surface area contributed by atoms with Crippen molar-refractivity contribution in [1.29, 1.82) is 0 Å². The lowest BCUT2D eigenvalue weighted by Gasteiger charge is -2.56. The molecule has 5 rings (SSSR count). The van der Waals surface area contributed by atoms with Crippen LogP contribution in [0.1, 0.15) is 57.2 Å². The van der Waals surface area contributed by atoms with Crippen molar-refractivity contribution in [3.63, 3.8) is 0 Å². The Morgan fingerprint density at radius 1 is 1.16 bits per heavy atom. The summed E-state index contributed by atoms with van der Waals surface area (Å²) in [6, 6.07) is 0. The second-order valence-corrected chi connectivity index (χ2v) is 9.63. The summed E-state index contributed by atoms with van der Waals surface area (Å²) < 4.78 is 5.66. The Kier molecular flexibility index (Phi) is 3.35. The number of hydrogen-bond acceptors (Lipinski definition) is 4. The number of fused-ring (bicyclic) bond motifs is 5. The van der Waals surface area contributed by atoms with E-state index in [1.54, 1.807) is 11.3 Å². The quantitative estimate of drug-likeness (QED) is 0.649. The highest BCUT2D eigenvalue weighted by atomic mass is 32.1. The van der Waals surface area contributed by atoms with Crippen LogP contribution in [0.15, 0.2) is 29.6 Å². The average molecular weight is 356 g/mol.